The molecule has 9 heteroatoms. The summed E-state index contributed by atoms with van der Waals surface area (Å²) in [6.07, 6.45) is 1.53. The summed E-state index contributed by atoms with van der Waals surface area (Å²) >= 11 is 1.16. The van der Waals surface area contributed by atoms with Crippen molar-refractivity contribution in [3.05, 3.63) is 28.8 Å². The highest BCUT2D eigenvalue weighted by atomic mass is 32.1. The third-order valence-corrected chi connectivity index (χ3v) is 4.66. The average molecular weight is 362 g/mol. The molecule has 0 spiro atoms. The predicted molar refractivity (Wildman–Crippen MR) is 95.0 cm³/mol. The van der Waals surface area contributed by atoms with Crippen molar-refractivity contribution < 1.29 is 19.1 Å². The van der Waals surface area contributed by atoms with Gasteiger partial charge >= 0.3 is 6.03 Å². The van der Waals surface area contributed by atoms with Crippen LogP contribution in [-0.2, 0) is 6.42 Å². The number of thiazole rings is 1. The summed E-state index contributed by atoms with van der Waals surface area (Å²) in [4.78, 5) is 29.1. The number of hydrogen-bond acceptors (Lipinski definition) is 6. The number of aromatic nitrogens is 1. The summed E-state index contributed by atoms with van der Waals surface area (Å²) in [7, 11) is 3.02. The van der Waals surface area contributed by atoms with Crippen molar-refractivity contribution >= 4 is 34.1 Å². The number of ether oxygens (including phenoxy) is 2. The van der Waals surface area contributed by atoms with E-state index in [1.54, 1.807) is 18.2 Å². The molecule has 3 rings (SSSR count). The van der Waals surface area contributed by atoms with Crippen molar-refractivity contribution in [3.63, 3.8) is 0 Å². The molecule has 0 saturated heterocycles. The van der Waals surface area contributed by atoms with Crippen LogP contribution >= 0.6 is 11.3 Å². The Labute approximate surface area is 148 Å². The molecule has 1 aliphatic heterocycles. The molecule has 0 unspecified atom stereocenters. The zero-order valence-corrected chi connectivity index (χ0v) is 14.7. The normalized spacial score (nSPS) is 13.3. The van der Waals surface area contributed by atoms with Crippen molar-refractivity contribution in [1.29, 1.82) is 0 Å². The summed E-state index contributed by atoms with van der Waals surface area (Å²) in [5, 5.41) is 8.54. The molecule has 0 bridgehead atoms. The lowest BCUT2D eigenvalue weighted by Gasteiger charge is -2.13. The van der Waals surface area contributed by atoms with E-state index in [-0.39, 0.29) is 5.91 Å². The zero-order valence-electron chi connectivity index (χ0n) is 13.8. The quantitative estimate of drug-likeness (QED) is 0.776. The van der Waals surface area contributed by atoms with Crippen LogP contribution in [0.5, 0.6) is 11.5 Å². The molecule has 132 valence electrons. The van der Waals surface area contributed by atoms with E-state index in [0.717, 1.165) is 17.8 Å². The SMILES string of the molecule is COc1cccc(NC(=O)Nc2nc3c(s2)C(=O)NCCC3)c1OC. The van der Waals surface area contributed by atoms with E-state index in [9.17, 15) is 9.59 Å². The van der Waals surface area contributed by atoms with Crippen LogP contribution in [0.25, 0.3) is 0 Å². The first-order chi connectivity index (χ1) is 12.1. The Hall–Kier alpha value is -2.81. The predicted octanol–water partition coefficient (Wildman–Crippen LogP) is 2.48. The number of urea groups is 1. The van der Waals surface area contributed by atoms with Gasteiger partial charge in [-0.05, 0) is 25.0 Å². The van der Waals surface area contributed by atoms with E-state index in [1.165, 1.54) is 14.2 Å². The Bertz CT molecular complexity index is 805. The fraction of sp³-hybridized carbons (Fsp3) is 0.312. The fourth-order valence-corrected chi connectivity index (χ4v) is 3.45. The molecule has 2 aromatic rings. The molecule has 8 nitrogen and oxygen atoms in total. The van der Waals surface area contributed by atoms with E-state index in [2.05, 4.69) is 20.9 Å². The molecule has 3 amide bonds. The van der Waals surface area contributed by atoms with E-state index in [0.29, 0.717) is 45.9 Å². The van der Waals surface area contributed by atoms with Gasteiger partial charge in [-0.2, -0.15) is 0 Å². The van der Waals surface area contributed by atoms with E-state index in [1.807, 2.05) is 0 Å². The summed E-state index contributed by atoms with van der Waals surface area (Å²) in [5.74, 6) is 0.792. The van der Waals surface area contributed by atoms with Gasteiger partial charge in [-0.3, -0.25) is 10.1 Å². The second kappa shape index (κ2) is 7.39. The second-order valence-electron chi connectivity index (χ2n) is 5.27. The molecule has 0 atom stereocenters. The lowest BCUT2D eigenvalue weighted by molar-refractivity contribution is 0.0960. The van der Waals surface area contributed by atoms with Gasteiger partial charge in [0.2, 0.25) is 0 Å². The third kappa shape index (κ3) is 3.66. The number of methoxy groups -OCH3 is 2. The number of benzene rings is 1. The molecule has 0 fully saturated rings. The molecular formula is C16H18N4O4S. The number of carbonyl (C=O) groups is 2. The molecule has 3 N–H and O–H groups in total. The summed E-state index contributed by atoms with van der Waals surface area (Å²) in [5.41, 5.74) is 1.18. The van der Waals surface area contributed by atoms with E-state index in [4.69, 9.17) is 9.47 Å². The van der Waals surface area contributed by atoms with E-state index < -0.39 is 6.03 Å². The Morgan fingerprint density at radius 3 is 2.88 bits per heavy atom. The Kier molecular flexibility index (Phi) is 5.03. The third-order valence-electron chi connectivity index (χ3n) is 3.65. The molecule has 2 heterocycles. The van der Waals surface area contributed by atoms with Crippen LogP contribution in [0.2, 0.25) is 0 Å². The van der Waals surface area contributed by atoms with Crippen molar-refractivity contribution in [2.45, 2.75) is 12.8 Å². The van der Waals surface area contributed by atoms with Gasteiger partial charge in [0.15, 0.2) is 16.6 Å². The summed E-state index contributed by atoms with van der Waals surface area (Å²) in [6.45, 7) is 0.640. The topological polar surface area (TPSA) is 102 Å². The summed E-state index contributed by atoms with van der Waals surface area (Å²) in [6, 6.07) is 4.70. The monoisotopic (exact) mass is 362 g/mol. The van der Waals surface area contributed by atoms with Crippen molar-refractivity contribution in [2.24, 2.45) is 0 Å². The fourth-order valence-electron chi connectivity index (χ4n) is 2.53. The number of fused-ring (bicyclic) bond motifs is 1. The van der Waals surface area contributed by atoms with Gasteiger partial charge in [-0.1, -0.05) is 17.4 Å². The molecule has 1 aromatic carbocycles. The number of nitrogens with zero attached hydrogens (tertiary/aromatic N) is 1. The van der Waals surface area contributed by atoms with Gasteiger partial charge in [-0.15, -0.1) is 0 Å². The number of anilines is 2. The minimum atomic E-state index is -0.476. The van der Waals surface area contributed by atoms with Gasteiger partial charge in [0.25, 0.3) is 5.91 Å². The number of nitrogens with one attached hydrogen (secondary N) is 3. The first kappa shape index (κ1) is 17.0. The van der Waals surface area contributed by atoms with Crippen molar-refractivity contribution in [2.75, 3.05) is 31.4 Å². The number of amides is 3. The highest BCUT2D eigenvalue weighted by Gasteiger charge is 2.21. The van der Waals surface area contributed by atoms with Crippen molar-refractivity contribution in [3.8, 4) is 11.5 Å². The maximum atomic E-state index is 12.3. The molecule has 0 saturated carbocycles. The number of carbonyl (C=O) groups excluding carboxylic acids is 2. The lowest BCUT2D eigenvalue weighted by atomic mass is 10.2. The Morgan fingerprint density at radius 2 is 2.12 bits per heavy atom. The molecular weight excluding hydrogens is 344 g/mol. The largest absolute Gasteiger partial charge is 0.493 e. The minimum absolute atomic E-state index is 0.145. The standard InChI is InChI=1S/C16H18N4O4S/c1-23-11-7-3-5-9(12(11)24-2)18-15(22)20-16-19-10-6-4-8-17-14(21)13(10)25-16/h3,5,7H,4,6,8H2,1-2H3,(H,17,21)(H2,18,19,20,22). The van der Waals surface area contributed by atoms with Crippen LogP contribution in [0.4, 0.5) is 15.6 Å². The highest BCUT2D eigenvalue weighted by Crippen LogP contribution is 2.35. The Balaban J connectivity index is 1.74. The first-order valence-corrected chi connectivity index (χ1v) is 8.51. The minimum Gasteiger partial charge on any atom is -0.493 e. The number of para-hydroxylation sites is 1. The lowest BCUT2D eigenvalue weighted by Crippen LogP contribution is -2.21. The Morgan fingerprint density at radius 1 is 1.28 bits per heavy atom. The number of hydrogen-bond donors (Lipinski definition) is 3. The molecule has 1 aromatic heterocycles. The van der Waals surface area contributed by atoms with Gasteiger partial charge < -0.3 is 20.1 Å². The van der Waals surface area contributed by atoms with E-state index >= 15 is 0 Å². The van der Waals surface area contributed by atoms with Crippen LogP contribution in [-0.4, -0.2) is 37.7 Å². The van der Waals surface area contributed by atoms with Gasteiger partial charge in [0.05, 0.1) is 25.6 Å². The molecule has 0 aliphatic carbocycles. The smallest absolute Gasteiger partial charge is 0.325 e. The van der Waals surface area contributed by atoms with Crippen molar-refractivity contribution in [1.82, 2.24) is 10.3 Å². The summed E-state index contributed by atoms with van der Waals surface area (Å²) < 4.78 is 10.5. The first-order valence-electron chi connectivity index (χ1n) is 7.69. The van der Waals surface area contributed by atoms with Gasteiger partial charge in [0.1, 0.15) is 4.88 Å². The van der Waals surface area contributed by atoms with Gasteiger partial charge in [0, 0.05) is 6.54 Å². The van der Waals surface area contributed by atoms with Crippen LogP contribution in [0, 0.1) is 0 Å². The van der Waals surface area contributed by atoms with Crippen LogP contribution < -0.4 is 25.4 Å². The molecule has 25 heavy (non-hydrogen) atoms. The van der Waals surface area contributed by atoms with Gasteiger partial charge in [-0.25, -0.2) is 9.78 Å². The maximum absolute atomic E-state index is 12.3. The van der Waals surface area contributed by atoms with Crippen LogP contribution in [0.3, 0.4) is 0 Å². The van der Waals surface area contributed by atoms with Crippen LogP contribution in [0.15, 0.2) is 18.2 Å². The highest BCUT2D eigenvalue weighted by molar-refractivity contribution is 7.17. The second-order valence-corrected chi connectivity index (χ2v) is 6.27. The van der Waals surface area contributed by atoms with Crippen LogP contribution in [0.1, 0.15) is 21.8 Å². The molecule has 1 aliphatic rings. The maximum Gasteiger partial charge on any atom is 0.325 e. The molecule has 0 radical (unpaired) electrons. The zero-order chi connectivity index (χ0) is 17.8. The number of aryl methyl sites for hydroxylation is 1. The average Bonchev–Trinajstić information content (AvgIpc) is 2.92. The number of rotatable bonds is 4.